The van der Waals surface area contributed by atoms with Crippen LogP contribution in [0.5, 0.6) is 0 Å². The Morgan fingerprint density at radius 3 is 3.00 bits per heavy atom. The number of hydrogen-bond acceptors (Lipinski definition) is 6. The van der Waals surface area contributed by atoms with Crippen LogP contribution in [0.4, 0.5) is 11.4 Å². The lowest BCUT2D eigenvalue weighted by atomic mass is 10.2. The molecule has 88 valence electrons. The molecule has 0 amide bonds. The highest BCUT2D eigenvalue weighted by Gasteiger charge is 2.35. The second-order valence-electron chi connectivity index (χ2n) is 4.07. The minimum Gasteiger partial charge on any atom is -0.375 e. The highest BCUT2D eigenvalue weighted by atomic mass is 32.1. The second-order valence-corrected chi connectivity index (χ2v) is 4.95. The molecule has 1 fully saturated rings. The van der Waals surface area contributed by atoms with Gasteiger partial charge in [-0.15, -0.1) is 11.3 Å². The first-order valence-electron chi connectivity index (χ1n) is 5.19. The van der Waals surface area contributed by atoms with Gasteiger partial charge < -0.3 is 11.1 Å². The lowest BCUT2D eigenvalue weighted by molar-refractivity contribution is -0.382. The fraction of sp³-hybridized carbons (Fsp3) is 0.300. The maximum absolute atomic E-state index is 11.1. The molecule has 1 aliphatic carbocycles. The van der Waals surface area contributed by atoms with Crippen LogP contribution in [-0.2, 0) is 0 Å². The van der Waals surface area contributed by atoms with Crippen molar-refractivity contribution in [3.8, 4) is 0 Å². The topological polar surface area (TPSA) is 94.1 Å². The van der Waals surface area contributed by atoms with Gasteiger partial charge in [-0.2, -0.15) is 0 Å². The van der Waals surface area contributed by atoms with Crippen LogP contribution in [0.25, 0.3) is 10.2 Å². The molecule has 1 heterocycles. The van der Waals surface area contributed by atoms with E-state index in [-0.39, 0.29) is 17.8 Å². The predicted octanol–water partition coefficient (Wildman–Crippen LogP) is 1.72. The molecule has 3 N–H and O–H groups in total. The van der Waals surface area contributed by atoms with E-state index in [1.54, 1.807) is 11.6 Å². The molecule has 17 heavy (non-hydrogen) atoms. The SMILES string of the molecule is NC1CC1Nc1ccc2scnc2c1[N+](=O)[O-]. The number of benzene rings is 1. The van der Waals surface area contributed by atoms with Crippen molar-refractivity contribution in [2.45, 2.75) is 18.5 Å². The molecule has 2 atom stereocenters. The maximum atomic E-state index is 11.1. The van der Waals surface area contributed by atoms with Crippen LogP contribution in [0.2, 0.25) is 0 Å². The van der Waals surface area contributed by atoms with Crippen LogP contribution in [0.3, 0.4) is 0 Å². The molecule has 7 heteroatoms. The smallest absolute Gasteiger partial charge is 0.319 e. The number of thiazole rings is 1. The van der Waals surface area contributed by atoms with Gasteiger partial charge in [-0.3, -0.25) is 10.1 Å². The van der Waals surface area contributed by atoms with Gasteiger partial charge in [0.15, 0.2) is 5.52 Å². The number of nitrogens with one attached hydrogen (secondary N) is 1. The van der Waals surface area contributed by atoms with Crippen LogP contribution >= 0.6 is 11.3 Å². The minimum absolute atomic E-state index is 0.0443. The Hall–Kier alpha value is -1.73. The predicted molar refractivity (Wildman–Crippen MR) is 66.3 cm³/mol. The molecular weight excluding hydrogens is 240 g/mol. The van der Waals surface area contributed by atoms with Gasteiger partial charge in [0, 0.05) is 12.1 Å². The van der Waals surface area contributed by atoms with E-state index in [2.05, 4.69) is 10.3 Å². The lowest BCUT2D eigenvalue weighted by Gasteiger charge is -2.05. The van der Waals surface area contributed by atoms with E-state index < -0.39 is 4.92 Å². The number of hydrogen-bond donors (Lipinski definition) is 2. The number of nitro groups is 1. The summed E-state index contributed by atoms with van der Waals surface area (Å²) >= 11 is 1.39. The summed E-state index contributed by atoms with van der Waals surface area (Å²) in [6, 6.07) is 3.81. The summed E-state index contributed by atoms with van der Waals surface area (Å²) in [7, 11) is 0. The van der Waals surface area contributed by atoms with Crippen molar-refractivity contribution < 1.29 is 4.92 Å². The number of nitro benzene ring substituents is 1. The van der Waals surface area contributed by atoms with Crippen LogP contribution < -0.4 is 11.1 Å². The summed E-state index contributed by atoms with van der Waals surface area (Å²) in [5, 5.41) is 14.2. The minimum atomic E-state index is -0.391. The Labute approximate surface area is 101 Å². The van der Waals surface area contributed by atoms with Gasteiger partial charge in [-0.05, 0) is 18.6 Å². The lowest BCUT2D eigenvalue weighted by Crippen LogP contribution is -2.14. The molecule has 0 radical (unpaired) electrons. The molecule has 0 bridgehead atoms. The zero-order valence-electron chi connectivity index (χ0n) is 8.79. The van der Waals surface area contributed by atoms with Crippen molar-refractivity contribution in [2.75, 3.05) is 5.32 Å². The average molecular weight is 250 g/mol. The van der Waals surface area contributed by atoms with Crippen molar-refractivity contribution >= 4 is 32.9 Å². The quantitative estimate of drug-likeness (QED) is 0.639. The molecule has 2 aromatic rings. The van der Waals surface area contributed by atoms with E-state index in [1.807, 2.05) is 6.07 Å². The monoisotopic (exact) mass is 250 g/mol. The summed E-state index contributed by atoms with van der Waals surface area (Å²) in [4.78, 5) is 14.8. The van der Waals surface area contributed by atoms with Gasteiger partial charge in [0.2, 0.25) is 0 Å². The second kappa shape index (κ2) is 3.64. The van der Waals surface area contributed by atoms with Crippen LogP contribution in [0.1, 0.15) is 6.42 Å². The van der Waals surface area contributed by atoms with Crippen molar-refractivity contribution in [1.29, 1.82) is 0 Å². The van der Waals surface area contributed by atoms with Crippen LogP contribution in [0.15, 0.2) is 17.6 Å². The molecule has 3 rings (SSSR count). The molecule has 0 aliphatic heterocycles. The zero-order valence-corrected chi connectivity index (χ0v) is 9.61. The first-order valence-corrected chi connectivity index (χ1v) is 6.07. The summed E-state index contributed by atoms with van der Waals surface area (Å²) in [6.45, 7) is 0. The molecule has 0 saturated heterocycles. The summed E-state index contributed by atoms with van der Waals surface area (Å²) in [5.41, 5.74) is 8.30. The third-order valence-corrected chi connectivity index (χ3v) is 3.63. The molecular formula is C10H10N4O2S. The number of anilines is 1. The van der Waals surface area contributed by atoms with Gasteiger partial charge in [-0.1, -0.05) is 0 Å². The first kappa shape index (κ1) is 10.4. The largest absolute Gasteiger partial charge is 0.375 e. The summed E-state index contributed by atoms with van der Waals surface area (Å²) < 4.78 is 0.822. The molecule has 1 saturated carbocycles. The van der Waals surface area contributed by atoms with Gasteiger partial charge in [-0.25, -0.2) is 4.98 Å². The van der Waals surface area contributed by atoms with Gasteiger partial charge in [0.1, 0.15) is 5.69 Å². The van der Waals surface area contributed by atoms with Gasteiger partial charge >= 0.3 is 5.69 Å². The van der Waals surface area contributed by atoms with Crippen molar-refractivity contribution in [3.05, 3.63) is 27.8 Å². The van der Waals surface area contributed by atoms with E-state index in [1.165, 1.54) is 11.3 Å². The van der Waals surface area contributed by atoms with Crippen LogP contribution in [-0.4, -0.2) is 22.0 Å². The van der Waals surface area contributed by atoms with E-state index in [0.29, 0.717) is 11.2 Å². The number of nitrogens with zero attached hydrogens (tertiary/aromatic N) is 2. The third kappa shape index (κ3) is 1.73. The first-order chi connectivity index (χ1) is 8.16. The fourth-order valence-electron chi connectivity index (χ4n) is 1.80. The number of fused-ring (bicyclic) bond motifs is 1. The highest BCUT2D eigenvalue weighted by molar-refractivity contribution is 7.16. The third-order valence-electron chi connectivity index (χ3n) is 2.84. The Balaban J connectivity index is 2.09. The molecule has 0 spiro atoms. The average Bonchev–Trinajstić information content (AvgIpc) is 2.79. The maximum Gasteiger partial charge on any atom is 0.319 e. The van der Waals surface area contributed by atoms with Gasteiger partial charge in [0.05, 0.1) is 15.1 Å². The Kier molecular flexibility index (Phi) is 2.23. The number of rotatable bonds is 3. The normalized spacial score (nSPS) is 22.6. The Bertz CT molecular complexity index is 597. The Morgan fingerprint density at radius 2 is 2.35 bits per heavy atom. The molecule has 1 aromatic carbocycles. The molecule has 2 unspecified atom stereocenters. The Morgan fingerprint density at radius 1 is 1.59 bits per heavy atom. The summed E-state index contributed by atoms with van der Waals surface area (Å²) in [6.07, 6.45) is 0.853. The van der Waals surface area contributed by atoms with Crippen LogP contribution in [0, 0.1) is 10.1 Å². The van der Waals surface area contributed by atoms with Crippen molar-refractivity contribution in [3.63, 3.8) is 0 Å². The van der Waals surface area contributed by atoms with Crippen molar-refractivity contribution in [2.24, 2.45) is 5.73 Å². The zero-order chi connectivity index (χ0) is 12.0. The van der Waals surface area contributed by atoms with Crippen molar-refractivity contribution in [1.82, 2.24) is 4.98 Å². The molecule has 1 aliphatic rings. The van der Waals surface area contributed by atoms with E-state index in [4.69, 9.17) is 5.73 Å². The van der Waals surface area contributed by atoms with E-state index >= 15 is 0 Å². The highest BCUT2D eigenvalue weighted by Crippen LogP contribution is 2.36. The van der Waals surface area contributed by atoms with Gasteiger partial charge in [0.25, 0.3) is 0 Å². The molecule has 1 aromatic heterocycles. The fourth-order valence-corrected chi connectivity index (χ4v) is 2.48. The molecule has 6 nitrogen and oxygen atoms in total. The van der Waals surface area contributed by atoms with E-state index in [9.17, 15) is 10.1 Å². The number of aromatic nitrogens is 1. The van der Waals surface area contributed by atoms with E-state index in [0.717, 1.165) is 11.1 Å². The standard InChI is InChI=1S/C10H10N4O2S/c11-5-3-7(5)13-6-1-2-8-9(12-4-17-8)10(6)14(15)16/h1-2,4-5,7,13H,3,11H2. The number of nitrogens with two attached hydrogens (primary N) is 1. The summed E-state index contributed by atoms with van der Waals surface area (Å²) in [5.74, 6) is 0.